The molecule has 2 aliphatic rings. The van der Waals surface area contributed by atoms with Crippen LogP contribution in [0.25, 0.3) is 10.2 Å². The molecule has 1 amide bonds. The predicted octanol–water partition coefficient (Wildman–Crippen LogP) is 4.63. The summed E-state index contributed by atoms with van der Waals surface area (Å²) in [5, 5.41) is 6.90. The smallest absolute Gasteiger partial charge is 0.382 e. The Morgan fingerprint density at radius 1 is 1.24 bits per heavy atom. The van der Waals surface area contributed by atoms with Crippen molar-refractivity contribution in [3.05, 3.63) is 47.1 Å². The summed E-state index contributed by atoms with van der Waals surface area (Å²) in [6.45, 7) is 1.69. The van der Waals surface area contributed by atoms with Crippen LogP contribution in [0.15, 0.2) is 36.7 Å². The summed E-state index contributed by atoms with van der Waals surface area (Å²) in [5.41, 5.74) is 1.82. The first-order valence-electron chi connectivity index (χ1n) is 10.9. The number of rotatable bonds is 5. The molecule has 0 radical (unpaired) electrons. The molecule has 33 heavy (non-hydrogen) atoms. The summed E-state index contributed by atoms with van der Waals surface area (Å²) in [7, 11) is 1.61. The van der Waals surface area contributed by atoms with E-state index in [-0.39, 0.29) is 16.2 Å². The zero-order chi connectivity index (χ0) is 23.2. The number of fused-ring (bicyclic) bond motifs is 1. The maximum Gasteiger partial charge on any atom is 0.393 e. The molecular weight excluding hydrogens is 451 g/mol. The lowest BCUT2D eigenvalue weighted by molar-refractivity contribution is -0.126. The quantitative estimate of drug-likeness (QED) is 0.563. The summed E-state index contributed by atoms with van der Waals surface area (Å²) in [5.74, 6) is 0.627. The third-order valence-electron chi connectivity index (χ3n) is 6.53. The van der Waals surface area contributed by atoms with Crippen molar-refractivity contribution in [1.82, 2.24) is 15.3 Å². The molecule has 1 atom stereocenters. The van der Waals surface area contributed by atoms with Crippen molar-refractivity contribution in [3.8, 4) is 0 Å². The summed E-state index contributed by atoms with van der Waals surface area (Å²) in [4.78, 5) is 23.3. The van der Waals surface area contributed by atoms with Crippen molar-refractivity contribution in [2.24, 2.45) is 5.41 Å². The highest BCUT2D eigenvalue weighted by Crippen LogP contribution is 2.48. The zero-order valence-electron chi connectivity index (χ0n) is 18.1. The van der Waals surface area contributed by atoms with Crippen LogP contribution in [-0.4, -0.2) is 48.2 Å². The molecular formula is C23H24F3N5OS. The van der Waals surface area contributed by atoms with E-state index in [0.29, 0.717) is 21.8 Å². The van der Waals surface area contributed by atoms with Gasteiger partial charge in [-0.05, 0) is 49.6 Å². The van der Waals surface area contributed by atoms with Crippen LogP contribution in [0.2, 0.25) is 0 Å². The Bertz CT molecular complexity index is 1170. The number of halogens is 3. The number of thiophene rings is 1. The van der Waals surface area contributed by atoms with Gasteiger partial charge in [0.1, 0.15) is 17.0 Å². The normalized spacial score (nSPS) is 19.6. The van der Waals surface area contributed by atoms with Gasteiger partial charge in [-0.3, -0.25) is 4.79 Å². The first kappa shape index (κ1) is 21.9. The van der Waals surface area contributed by atoms with E-state index in [2.05, 4.69) is 25.5 Å². The number of hydrogen-bond acceptors (Lipinski definition) is 6. The number of anilines is 2. The van der Waals surface area contributed by atoms with E-state index in [1.807, 2.05) is 24.3 Å². The Hall–Kier alpha value is -2.88. The molecule has 0 unspecified atom stereocenters. The number of carbonyl (C=O) groups excluding carboxylic acids is 1. The van der Waals surface area contributed by atoms with Crippen LogP contribution in [0.5, 0.6) is 0 Å². The Labute approximate surface area is 193 Å². The Morgan fingerprint density at radius 3 is 2.70 bits per heavy atom. The summed E-state index contributed by atoms with van der Waals surface area (Å²) in [6, 6.07) is 9.42. The van der Waals surface area contributed by atoms with Crippen LogP contribution in [0.3, 0.4) is 0 Å². The Morgan fingerprint density at radius 2 is 2.00 bits per heavy atom. The second-order valence-electron chi connectivity index (χ2n) is 9.02. The first-order valence-corrected chi connectivity index (χ1v) is 11.7. The highest BCUT2D eigenvalue weighted by Gasteiger charge is 2.49. The van der Waals surface area contributed by atoms with Gasteiger partial charge in [0.25, 0.3) is 5.91 Å². The molecule has 1 aliphatic carbocycles. The SMILES string of the molecule is CNC(=O)c1ccc(N[C@@H]2CCC3(C2)CN(c2ncnc4sc(CC(F)(F)F)cc24)C3)cc1. The van der Waals surface area contributed by atoms with Gasteiger partial charge >= 0.3 is 6.18 Å². The minimum absolute atomic E-state index is 0.106. The van der Waals surface area contributed by atoms with Gasteiger partial charge in [0, 0.05) is 47.7 Å². The number of alkyl halides is 3. The number of nitrogens with zero attached hydrogens (tertiary/aromatic N) is 3. The summed E-state index contributed by atoms with van der Waals surface area (Å²) < 4.78 is 38.4. The van der Waals surface area contributed by atoms with Gasteiger partial charge < -0.3 is 15.5 Å². The van der Waals surface area contributed by atoms with Gasteiger partial charge in [0.2, 0.25) is 0 Å². The first-order chi connectivity index (χ1) is 15.7. The van der Waals surface area contributed by atoms with Crippen LogP contribution in [0.1, 0.15) is 34.5 Å². The molecule has 3 aromatic rings. The zero-order valence-corrected chi connectivity index (χ0v) is 18.9. The number of benzene rings is 1. The van der Waals surface area contributed by atoms with E-state index >= 15 is 0 Å². The molecule has 5 rings (SSSR count). The van der Waals surface area contributed by atoms with Crippen molar-refractivity contribution in [3.63, 3.8) is 0 Å². The molecule has 1 aliphatic heterocycles. The molecule has 2 fully saturated rings. The molecule has 10 heteroatoms. The molecule has 1 saturated carbocycles. The topological polar surface area (TPSA) is 70.2 Å². The van der Waals surface area contributed by atoms with E-state index in [0.717, 1.165) is 55.2 Å². The van der Waals surface area contributed by atoms with Gasteiger partial charge in [-0.1, -0.05) is 0 Å². The van der Waals surface area contributed by atoms with Crippen LogP contribution in [-0.2, 0) is 6.42 Å². The summed E-state index contributed by atoms with van der Waals surface area (Å²) >= 11 is 1.09. The highest BCUT2D eigenvalue weighted by molar-refractivity contribution is 7.18. The predicted molar refractivity (Wildman–Crippen MR) is 123 cm³/mol. The number of nitrogens with one attached hydrogen (secondary N) is 2. The fourth-order valence-corrected chi connectivity index (χ4v) is 6.08. The van der Waals surface area contributed by atoms with Crippen molar-refractivity contribution >= 4 is 39.0 Å². The Kier molecular flexibility index (Phi) is 5.43. The van der Waals surface area contributed by atoms with Crippen molar-refractivity contribution in [2.45, 2.75) is 37.9 Å². The highest BCUT2D eigenvalue weighted by atomic mass is 32.1. The molecule has 6 nitrogen and oxygen atoms in total. The Balaban J connectivity index is 1.22. The van der Waals surface area contributed by atoms with Crippen LogP contribution >= 0.6 is 11.3 Å². The second-order valence-corrected chi connectivity index (χ2v) is 10.1. The lowest BCUT2D eigenvalue weighted by atomic mass is 9.78. The molecule has 1 spiro atoms. The molecule has 174 valence electrons. The molecule has 3 heterocycles. The van der Waals surface area contributed by atoms with E-state index in [1.165, 1.54) is 6.33 Å². The van der Waals surface area contributed by atoms with E-state index < -0.39 is 12.6 Å². The lowest BCUT2D eigenvalue weighted by Gasteiger charge is -2.49. The molecule has 2 N–H and O–H groups in total. The molecule has 2 aromatic heterocycles. The average molecular weight is 476 g/mol. The maximum absolute atomic E-state index is 12.8. The van der Waals surface area contributed by atoms with Crippen molar-refractivity contribution in [1.29, 1.82) is 0 Å². The third kappa shape index (κ3) is 4.48. The van der Waals surface area contributed by atoms with Gasteiger partial charge in [-0.25, -0.2) is 9.97 Å². The number of amides is 1. The standard InChI is InChI=1S/C23H24F3N5OS/c1-27-20(32)14-2-4-15(5-3-14)30-16-6-7-22(9-16)11-31(12-22)19-18-8-17(10-23(24,25)26)33-21(18)29-13-28-19/h2-5,8,13,16,30H,6-7,9-12H2,1H3,(H,27,32)/t16-/m1/s1. The van der Waals surface area contributed by atoms with Gasteiger partial charge in [-0.2, -0.15) is 13.2 Å². The van der Waals surface area contributed by atoms with Crippen LogP contribution in [0.4, 0.5) is 24.7 Å². The second kappa shape index (κ2) is 8.16. The van der Waals surface area contributed by atoms with Gasteiger partial charge in [0.05, 0.1) is 11.8 Å². The van der Waals surface area contributed by atoms with Crippen molar-refractivity contribution in [2.75, 3.05) is 30.4 Å². The molecule has 1 saturated heterocycles. The van der Waals surface area contributed by atoms with E-state index in [9.17, 15) is 18.0 Å². The summed E-state index contributed by atoms with van der Waals surface area (Å²) in [6.07, 6.45) is -0.554. The van der Waals surface area contributed by atoms with Crippen molar-refractivity contribution < 1.29 is 18.0 Å². The third-order valence-corrected chi connectivity index (χ3v) is 7.58. The molecule has 0 bridgehead atoms. The molecule has 1 aromatic carbocycles. The van der Waals surface area contributed by atoms with Crippen LogP contribution in [0, 0.1) is 5.41 Å². The fourth-order valence-electron chi connectivity index (χ4n) is 5.06. The van der Waals surface area contributed by atoms with Crippen LogP contribution < -0.4 is 15.5 Å². The monoisotopic (exact) mass is 475 g/mol. The van der Waals surface area contributed by atoms with Gasteiger partial charge in [0.15, 0.2) is 0 Å². The fraction of sp³-hybridized carbons (Fsp3) is 0.435. The minimum Gasteiger partial charge on any atom is -0.382 e. The average Bonchev–Trinajstić information content (AvgIpc) is 3.35. The van der Waals surface area contributed by atoms with E-state index in [4.69, 9.17) is 0 Å². The largest absolute Gasteiger partial charge is 0.393 e. The number of carbonyl (C=O) groups is 1. The minimum atomic E-state index is -4.23. The lowest BCUT2D eigenvalue weighted by Crippen LogP contribution is -2.56. The maximum atomic E-state index is 12.8. The number of aromatic nitrogens is 2. The van der Waals surface area contributed by atoms with Gasteiger partial charge in [-0.15, -0.1) is 11.3 Å². The van der Waals surface area contributed by atoms with E-state index in [1.54, 1.807) is 13.1 Å². The number of hydrogen-bond donors (Lipinski definition) is 2.